The van der Waals surface area contributed by atoms with Crippen molar-refractivity contribution in [3.63, 3.8) is 0 Å². The summed E-state index contributed by atoms with van der Waals surface area (Å²) in [6, 6.07) is 16.8. The van der Waals surface area contributed by atoms with Gasteiger partial charge in [-0.15, -0.1) is 10.2 Å². The van der Waals surface area contributed by atoms with E-state index in [1.54, 1.807) is 0 Å². The predicted molar refractivity (Wildman–Crippen MR) is 115 cm³/mol. The highest BCUT2D eigenvalue weighted by Crippen LogP contribution is 2.44. The Labute approximate surface area is 175 Å². The molecule has 3 aromatic rings. The number of nitrogens with zero attached hydrogens (tertiary/aromatic N) is 6. The van der Waals surface area contributed by atoms with Gasteiger partial charge < -0.3 is 9.80 Å². The van der Waals surface area contributed by atoms with E-state index in [-0.39, 0.29) is 0 Å². The summed E-state index contributed by atoms with van der Waals surface area (Å²) >= 11 is 6.27. The molecule has 7 heteroatoms. The molecule has 0 bridgehead atoms. The van der Waals surface area contributed by atoms with Crippen LogP contribution in [0.3, 0.4) is 0 Å². The highest BCUT2D eigenvalue weighted by atomic mass is 35.5. The van der Waals surface area contributed by atoms with Gasteiger partial charge in [-0.3, -0.25) is 9.47 Å². The van der Waals surface area contributed by atoms with Crippen molar-refractivity contribution in [3.05, 3.63) is 64.9 Å². The molecule has 4 heterocycles. The topological polar surface area (TPSA) is 40.4 Å². The van der Waals surface area contributed by atoms with Crippen molar-refractivity contribution >= 4 is 23.2 Å². The zero-order valence-corrected chi connectivity index (χ0v) is 17.2. The number of halogens is 1. The Bertz CT molecular complexity index is 1060. The van der Waals surface area contributed by atoms with Crippen molar-refractivity contribution in [1.29, 1.82) is 0 Å². The van der Waals surface area contributed by atoms with Crippen LogP contribution in [0.5, 0.6) is 0 Å². The van der Waals surface area contributed by atoms with E-state index < -0.39 is 0 Å². The molecule has 3 aliphatic rings. The average molecular weight is 407 g/mol. The molecule has 1 spiro atoms. The minimum absolute atomic E-state index is 0.382. The molecule has 0 N–H and O–H groups in total. The van der Waals surface area contributed by atoms with E-state index in [0.717, 1.165) is 61.8 Å². The van der Waals surface area contributed by atoms with Crippen molar-refractivity contribution < 1.29 is 0 Å². The third-order valence-electron chi connectivity index (χ3n) is 6.36. The first-order chi connectivity index (χ1) is 14.1. The van der Waals surface area contributed by atoms with Crippen LogP contribution in [0.15, 0.2) is 48.5 Å². The Hall–Kier alpha value is -2.57. The molecular formula is C22H23ClN6. The maximum atomic E-state index is 6.27. The Morgan fingerprint density at radius 3 is 2.45 bits per heavy atom. The largest absolute Gasteiger partial charge is 0.370 e. The molecular weight excluding hydrogens is 384 g/mol. The molecule has 0 amide bonds. The average Bonchev–Trinajstić information content (AvgIpc) is 2.97. The van der Waals surface area contributed by atoms with Gasteiger partial charge in [0.05, 0.1) is 12.2 Å². The molecule has 2 saturated heterocycles. The van der Waals surface area contributed by atoms with Crippen LogP contribution in [0.1, 0.15) is 11.4 Å². The van der Waals surface area contributed by atoms with E-state index in [1.165, 1.54) is 11.3 Å². The molecule has 3 aliphatic heterocycles. The van der Waals surface area contributed by atoms with Gasteiger partial charge in [0.15, 0.2) is 5.82 Å². The predicted octanol–water partition coefficient (Wildman–Crippen LogP) is 3.19. The van der Waals surface area contributed by atoms with E-state index in [4.69, 9.17) is 11.6 Å². The van der Waals surface area contributed by atoms with E-state index in [0.29, 0.717) is 5.41 Å². The fourth-order valence-electron chi connectivity index (χ4n) is 5.04. The fraction of sp³-hybridized carbons (Fsp3) is 0.364. The number of hydrogen-bond acceptors (Lipinski definition) is 5. The summed E-state index contributed by atoms with van der Waals surface area (Å²) in [6.45, 7) is 5.93. The normalized spacial score (nSPS) is 19.9. The molecule has 0 aliphatic carbocycles. The molecule has 0 saturated carbocycles. The molecule has 29 heavy (non-hydrogen) atoms. The lowest BCUT2D eigenvalue weighted by Crippen LogP contribution is -2.72. The molecule has 6 nitrogen and oxygen atoms in total. The summed E-state index contributed by atoms with van der Waals surface area (Å²) in [6.07, 6.45) is 0. The van der Waals surface area contributed by atoms with Gasteiger partial charge in [0.1, 0.15) is 0 Å². The minimum Gasteiger partial charge on any atom is -0.370 e. The SMILES string of the molecule is CN1Cc2cc(Cl)ccc2-n2c(nnc2N2CC3(CN(c4ccccc4)C3)C2)C1. The second-order valence-electron chi connectivity index (χ2n) is 8.74. The van der Waals surface area contributed by atoms with Crippen molar-refractivity contribution in [2.45, 2.75) is 13.1 Å². The van der Waals surface area contributed by atoms with Crippen LogP contribution in [0.2, 0.25) is 5.02 Å². The van der Waals surface area contributed by atoms with Crippen LogP contribution in [0.25, 0.3) is 5.69 Å². The summed E-state index contributed by atoms with van der Waals surface area (Å²) in [5.41, 5.74) is 4.07. The van der Waals surface area contributed by atoms with Gasteiger partial charge in [-0.05, 0) is 42.9 Å². The summed E-state index contributed by atoms with van der Waals surface area (Å²) < 4.78 is 2.23. The maximum absolute atomic E-state index is 6.27. The lowest BCUT2D eigenvalue weighted by molar-refractivity contribution is 0.154. The van der Waals surface area contributed by atoms with Crippen molar-refractivity contribution in [3.8, 4) is 5.69 Å². The van der Waals surface area contributed by atoms with Crippen LogP contribution in [-0.4, -0.2) is 52.9 Å². The third-order valence-corrected chi connectivity index (χ3v) is 6.59. The summed E-state index contributed by atoms with van der Waals surface area (Å²) in [4.78, 5) is 7.10. The second-order valence-corrected chi connectivity index (χ2v) is 9.18. The van der Waals surface area contributed by atoms with Crippen LogP contribution in [-0.2, 0) is 13.1 Å². The lowest BCUT2D eigenvalue weighted by atomic mass is 9.72. The molecule has 0 radical (unpaired) electrons. The zero-order chi connectivity index (χ0) is 19.6. The van der Waals surface area contributed by atoms with Gasteiger partial charge in [0, 0.05) is 48.8 Å². The quantitative estimate of drug-likeness (QED) is 0.653. The minimum atomic E-state index is 0.382. The van der Waals surface area contributed by atoms with Crippen LogP contribution < -0.4 is 9.80 Å². The van der Waals surface area contributed by atoms with Gasteiger partial charge in [0.2, 0.25) is 5.95 Å². The molecule has 148 valence electrons. The molecule has 2 fully saturated rings. The molecule has 1 aromatic heterocycles. The van der Waals surface area contributed by atoms with Crippen LogP contribution >= 0.6 is 11.6 Å². The molecule has 0 atom stereocenters. The Kier molecular flexibility index (Phi) is 3.71. The maximum Gasteiger partial charge on any atom is 0.231 e. The van der Waals surface area contributed by atoms with Gasteiger partial charge >= 0.3 is 0 Å². The number of para-hydroxylation sites is 1. The third kappa shape index (κ3) is 2.74. The molecule has 6 rings (SSSR count). The van der Waals surface area contributed by atoms with Gasteiger partial charge in [-0.2, -0.15) is 0 Å². The van der Waals surface area contributed by atoms with Crippen molar-refractivity contribution in [2.24, 2.45) is 5.41 Å². The highest BCUT2D eigenvalue weighted by molar-refractivity contribution is 6.30. The Morgan fingerprint density at radius 1 is 0.897 bits per heavy atom. The van der Waals surface area contributed by atoms with Gasteiger partial charge in [-0.1, -0.05) is 29.8 Å². The summed E-state index contributed by atoms with van der Waals surface area (Å²) in [7, 11) is 2.11. The number of rotatable bonds is 2. The molecule has 2 aromatic carbocycles. The first kappa shape index (κ1) is 17.3. The Morgan fingerprint density at radius 2 is 1.66 bits per heavy atom. The second kappa shape index (κ2) is 6.21. The smallest absolute Gasteiger partial charge is 0.231 e. The van der Waals surface area contributed by atoms with Crippen molar-refractivity contribution in [1.82, 2.24) is 19.7 Å². The summed E-state index contributed by atoms with van der Waals surface area (Å²) in [5, 5.41) is 9.89. The highest BCUT2D eigenvalue weighted by Gasteiger charge is 2.53. The number of benzene rings is 2. The standard InChI is InChI=1S/C22H23ClN6/c1-26-10-16-9-17(23)7-8-19(16)29-20(11-26)24-25-21(29)28-14-22(15-28)12-27(13-22)18-5-3-2-4-6-18/h2-9H,10-15H2,1H3. The fourth-order valence-corrected chi connectivity index (χ4v) is 5.23. The zero-order valence-electron chi connectivity index (χ0n) is 16.4. The Balaban J connectivity index is 1.25. The summed E-state index contributed by atoms with van der Waals surface area (Å²) in [5.74, 6) is 1.95. The van der Waals surface area contributed by atoms with Gasteiger partial charge in [-0.25, -0.2) is 0 Å². The van der Waals surface area contributed by atoms with Crippen molar-refractivity contribution in [2.75, 3.05) is 43.0 Å². The number of anilines is 2. The number of aromatic nitrogens is 3. The van der Waals surface area contributed by atoms with E-state index in [1.807, 2.05) is 6.07 Å². The first-order valence-electron chi connectivity index (χ1n) is 10.1. The van der Waals surface area contributed by atoms with E-state index in [9.17, 15) is 0 Å². The van der Waals surface area contributed by atoms with Crippen LogP contribution in [0.4, 0.5) is 11.6 Å². The first-order valence-corrected chi connectivity index (χ1v) is 10.4. The monoisotopic (exact) mass is 406 g/mol. The number of hydrogen-bond donors (Lipinski definition) is 0. The molecule has 0 unspecified atom stereocenters. The number of fused-ring (bicyclic) bond motifs is 3. The van der Waals surface area contributed by atoms with Gasteiger partial charge in [0.25, 0.3) is 0 Å². The van der Waals surface area contributed by atoms with Crippen LogP contribution in [0, 0.1) is 5.41 Å². The lowest BCUT2D eigenvalue weighted by Gasteiger charge is -2.61. The van der Waals surface area contributed by atoms with E-state index >= 15 is 0 Å². The van der Waals surface area contributed by atoms with E-state index in [2.05, 4.69) is 79.0 Å².